The van der Waals surface area contributed by atoms with Crippen LogP contribution in [0.3, 0.4) is 0 Å². The molecule has 0 fully saturated rings. The maximum Gasteiger partial charge on any atom is 0.267 e. The third-order valence-corrected chi connectivity index (χ3v) is 4.62. The SMILES string of the molecule is Cc1ccc(CN(CCN(C)C)C(=O)Cn2nc(Cl)ccc2=O)s1. The smallest absolute Gasteiger partial charge is 0.267 e. The van der Waals surface area contributed by atoms with Gasteiger partial charge in [-0.1, -0.05) is 11.6 Å². The molecule has 0 aliphatic carbocycles. The van der Waals surface area contributed by atoms with Crippen molar-refractivity contribution in [1.82, 2.24) is 19.6 Å². The molecule has 130 valence electrons. The zero-order valence-corrected chi connectivity index (χ0v) is 15.6. The molecule has 0 saturated heterocycles. The van der Waals surface area contributed by atoms with E-state index < -0.39 is 0 Å². The van der Waals surface area contributed by atoms with E-state index in [4.69, 9.17) is 11.6 Å². The molecule has 0 atom stereocenters. The topological polar surface area (TPSA) is 58.4 Å². The average Bonchev–Trinajstić information content (AvgIpc) is 2.92. The fourth-order valence-corrected chi connectivity index (χ4v) is 3.20. The molecule has 2 heterocycles. The van der Waals surface area contributed by atoms with Gasteiger partial charge in [0.15, 0.2) is 0 Å². The third kappa shape index (κ3) is 5.43. The van der Waals surface area contributed by atoms with Gasteiger partial charge in [0.2, 0.25) is 5.91 Å². The van der Waals surface area contributed by atoms with Gasteiger partial charge in [0.1, 0.15) is 11.7 Å². The number of aromatic nitrogens is 2. The highest BCUT2D eigenvalue weighted by Crippen LogP contribution is 2.17. The van der Waals surface area contributed by atoms with E-state index in [0.29, 0.717) is 13.1 Å². The van der Waals surface area contributed by atoms with E-state index in [1.54, 1.807) is 16.2 Å². The Labute approximate surface area is 150 Å². The standard InChI is InChI=1S/C16H21ClN4O2S/c1-12-4-5-13(24-12)10-20(9-8-19(2)3)16(23)11-21-15(22)7-6-14(17)18-21/h4-7H,8-11H2,1-3H3. The Balaban J connectivity index is 2.13. The number of halogens is 1. The number of hydrogen-bond acceptors (Lipinski definition) is 5. The summed E-state index contributed by atoms with van der Waals surface area (Å²) in [6.07, 6.45) is 0. The van der Waals surface area contributed by atoms with Crippen LogP contribution in [-0.2, 0) is 17.9 Å². The van der Waals surface area contributed by atoms with Crippen LogP contribution < -0.4 is 5.56 Å². The largest absolute Gasteiger partial charge is 0.335 e. The van der Waals surface area contributed by atoms with E-state index in [1.807, 2.05) is 38.1 Å². The molecule has 24 heavy (non-hydrogen) atoms. The van der Waals surface area contributed by atoms with Crippen LogP contribution in [0, 0.1) is 6.92 Å². The lowest BCUT2D eigenvalue weighted by atomic mass is 10.3. The summed E-state index contributed by atoms with van der Waals surface area (Å²) in [5.74, 6) is -0.153. The summed E-state index contributed by atoms with van der Waals surface area (Å²) in [7, 11) is 3.92. The van der Waals surface area contributed by atoms with Crippen molar-refractivity contribution in [3.8, 4) is 0 Å². The van der Waals surface area contributed by atoms with E-state index in [0.717, 1.165) is 16.1 Å². The van der Waals surface area contributed by atoms with E-state index in [-0.39, 0.29) is 23.2 Å². The van der Waals surface area contributed by atoms with Crippen molar-refractivity contribution in [3.63, 3.8) is 0 Å². The molecule has 0 aromatic carbocycles. The van der Waals surface area contributed by atoms with E-state index in [2.05, 4.69) is 5.10 Å². The number of hydrogen-bond donors (Lipinski definition) is 0. The number of carbonyl (C=O) groups is 1. The fraction of sp³-hybridized carbons (Fsp3) is 0.438. The maximum absolute atomic E-state index is 12.7. The fourth-order valence-electron chi connectivity index (χ4n) is 2.14. The summed E-state index contributed by atoms with van der Waals surface area (Å²) in [6.45, 7) is 3.78. The molecule has 2 aromatic heterocycles. The van der Waals surface area contributed by atoms with E-state index in [1.165, 1.54) is 17.0 Å². The molecule has 8 heteroatoms. The van der Waals surface area contributed by atoms with Gasteiger partial charge in [0.05, 0.1) is 6.54 Å². The van der Waals surface area contributed by atoms with Crippen molar-refractivity contribution in [2.75, 3.05) is 27.2 Å². The summed E-state index contributed by atoms with van der Waals surface area (Å²) in [5.41, 5.74) is -0.340. The number of aryl methyl sites for hydroxylation is 1. The molecule has 0 bridgehead atoms. The summed E-state index contributed by atoms with van der Waals surface area (Å²) in [6, 6.07) is 6.80. The van der Waals surface area contributed by atoms with Gasteiger partial charge in [-0.2, -0.15) is 5.10 Å². The number of likely N-dealkylation sites (N-methyl/N-ethyl adjacent to an activating group) is 1. The number of thiophene rings is 1. The second-order valence-corrected chi connectivity index (χ2v) is 7.54. The molecule has 0 unspecified atom stereocenters. The van der Waals surface area contributed by atoms with Crippen molar-refractivity contribution in [3.05, 3.63) is 49.5 Å². The molecule has 6 nitrogen and oxygen atoms in total. The Hall–Kier alpha value is -1.70. The second-order valence-electron chi connectivity index (χ2n) is 5.78. The molecule has 0 saturated carbocycles. The van der Waals surface area contributed by atoms with Crippen LogP contribution in [0.5, 0.6) is 0 Å². The lowest BCUT2D eigenvalue weighted by molar-refractivity contribution is -0.132. The van der Waals surface area contributed by atoms with Crippen LogP contribution in [0.4, 0.5) is 0 Å². The molecule has 0 aliphatic heterocycles. The molecule has 2 rings (SSSR count). The Morgan fingerprint density at radius 3 is 2.62 bits per heavy atom. The van der Waals surface area contributed by atoms with Gasteiger partial charge in [-0.05, 0) is 39.2 Å². The zero-order chi connectivity index (χ0) is 17.7. The number of rotatable bonds is 7. The van der Waals surface area contributed by atoms with Crippen molar-refractivity contribution < 1.29 is 4.79 Å². The molecule has 1 amide bonds. The molecular weight excluding hydrogens is 348 g/mol. The summed E-state index contributed by atoms with van der Waals surface area (Å²) >= 11 is 7.48. The van der Waals surface area contributed by atoms with Crippen molar-refractivity contribution in [1.29, 1.82) is 0 Å². The Morgan fingerprint density at radius 1 is 1.25 bits per heavy atom. The second kappa shape index (κ2) is 8.41. The highest BCUT2D eigenvalue weighted by molar-refractivity contribution is 7.11. The van der Waals surface area contributed by atoms with Gasteiger partial charge in [-0.3, -0.25) is 9.59 Å². The molecule has 2 aromatic rings. The number of carbonyl (C=O) groups excluding carboxylic acids is 1. The van der Waals surface area contributed by atoms with Gasteiger partial charge in [-0.25, -0.2) is 4.68 Å². The maximum atomic E-state index is 12.7. The first-order valence-electron chi connectivity index (χ1n) is 7.56. The van der Waals surface area contributed by atoms with Crippen molar-refractivity contribution in [2.24, 2.45) is 0 Å². The first-order valence-corrected chi connectivity index (χ1v) is 8.76. The van der Waals surface area contributed by atoms with Crippen LogP contribution in [0.15, 0.2) is 29.1 Å². The first-order chi connectivity index (χ1) is 11.3. The van der Waals surface area contributed by atoms with Crippen LogP contribution in [0.1, 0.15) is 9.75 Å². The van der Waals surface area contributed by atoms with Crippen LogP contribution in [0.2, 0.25) is 5.15 Å². The molecule has 0 spiro atoms. The van der Waals surface area contributed by atoms with Crippen LogP contribution in [-0.4, -0.2) is 52.7 Å². The minimum absolute atomic E-state index is 0.114. The highest BCUT2D eigenvalue weighted by atomic mass is 35.5. The Bertz CT molecular complexity index is 757. The molecule has 0 aliphatic rings. The third-order valence-electron chi connectivity index (χ3n) is 3.43. The van der Waals surface area contributed by atoms with E-state index >= 15 is 0 Å². The van der Waals surface area contributed by atoms with Crippen molar-refractivity contribution in [2.45, 2.75) is 20.0 Å². The number of amides is 1. The van der Waals surface area contributed by atoms with Crippen LogP contribution >= 0.6 is 22.9 Å². The van der Waals surface area contributed by atoms with Crippen LogP contribution in [0.25, 0.3) is 0 Å². The normalized spacial score (nSPS) is 11.0. The van der Waals surface area contributed by atoms with Gasteiger partial charge < -0.3 is 9.80 Å². The summed E-state index contributed by atoms with van der Waals surface area (Å²) < 4.78 is 1.10. The zero-order valence-electron chi connectivity index (χ0n) is 14.0. The summed E-state index contributed by atoms with van der Waals surface area (Å²) in [5, 5.41) is 4.11. The van der Waals surface area contributed by atoms with Gasteiger partial charge >= 0.3 is 0 Å². The van der Waals surface area contributed by atoms with Crippen molar-refractivity contribution >= 4 is 28.8 Å². The predicted octanol–water partition coefficient (Wildman–Crippen LogP) is 1.86. The molecule has 0 N–H and O–H groups in total. The number of nitrogens with zero attached hydrogens (tertiary/aromatic N) is 4. The average molecular weight is 369 g/mol. The minimum atomic E-state index is -0.340. The summed E-state index contributed by atoms with van der Waals surface area (Å²) in [4.78, 5) is 30.6. The van der Waals surface area contributed by atoms with Gasteiger partial charge in [0, 0.05) is 28.9 Å². The molecular formula is C16H21ClN4O2S. The van der Waals surface area contributed by atoms with Gasteiger partial charge in [0.25, 0.3) is 5.56 Å². The quantitative estimate of drug-likeness (QED) is 0.748. The minimum Gasteiger partial charge on any atom is -0.335 e. The monoisotopic (exact) mass is 368 g/mol. The highest BCUT2D eigenvalue weighted by Gasteiger charge is 2.17. The lowest BCUT2D eigenvalue weighted by Gasteiger charge is -2.24. The Morgan fingerprint density at radius 2 is 2.00 bits per heavy atom. The predicted molar refractivity (Wildman–Crippen MR) is 96.5 cm³/mol. The lowest BCUT2D eigenvalue weighted by Crippen LogP contribution is -2.40. The van der Waals surface area contributed by atoms with E-state index in [9.17, 15) is 9.59 Å². The Kier molecular flexibility index (Phi) is 6.53. The molecule has 0 radical (unpaired) electrons. The van der Waals surface area contributed by atoms with Gasteiger partial charge in [-0.15, -0.1) is 11.3 Å². The first kappa shape index (κ1) is 18.6.